The van der Waals surface area contributed by atoms with E-state index in [1.54, 1.807) is 22.7 Å². The van der Waals surface area contributed by atoms with E-state index in [9.17, 15) is 0 Å². The minimum Gasteiger partial charge on any atom is -0.323 e. The maximum absolute atomic E-state index is 6.24. The summed E-state index contributed by atoms with van der Waals surface area (Å²) in [4.78, 5) is 10.3. The van der Waals surface area contributed by atoms with Crippen molar-refractivity contribution in [1.82, 2.24) is 9.97 Å². The predicted molar refractivity (Wildman–Crippen MR) is 72.3 cm³/mol. The number of hydrogen-bond donors (Lipinski definition) is 1. The van der Waals surface area contributed by atoms with Gasteiger partial charge in [-0.25, -0.2) is 9.97 Å². The van der Waals surface area contributed by atoms with Gasteiger partial charge in [0.15, 0.2) is 10.0 Å². The molecular weight excluding hydrogens is 250 g/mol. The van der Waals surface area contributed by atoms with Crippen LogP contribution in [0.25, 0.3) is 10.0 Å². The lowest BCUT2D eigenvalue weighted by Crippen LogP contribution is -2.28. The first-order valence-electron chi connectivity index (χ1n) is 5.70. The first kappa shape index (κ1) is 11.3. The molecule has 0 radical (unpaired) electrons. The molecule has 0 saturated carbocycles. The Morgan fingerprint density at radius 2 is 2.24 bits per heavy atom. The zero-order valence-electron chi connectivity index (χ0n) is 9.93. The molecule has 2 heterocycles. The van der Waals surface area contributed by atoms with Crippen LogP contribution in [0.15, 0.2) is 11.6 Å². The molecule has 17 heavy (non-hydrogen) atoms. The number of hydrogen-bond acceptors (Lipinski definition) is 5. The van der Waals surface area contributed by atoms with Gasteiger partial charge in [0.25, 0.3) is 0 Å². The molecule has 3 nitrogen and oxygen atoms in total. The van der Waals surface area contributed by atoms with Crippen LogP contribution in [0.1, 0.15) is 36.9 Å². The maximum atomic E-state index is 6.24. The number of nitrogens with two attached hydrogens (primary N) is 1. The molecule has 0 saturated heterocycles. The van der Waals surface area contributed by atoms with Crippen molar-refractivity contribution in [2.45, 2.75) is 32.7 Å². The lowest BCUT2D eigenvalue weighted by Gasteiger charge is -2.32. The van der Waals surface area contributed by atoms with Crippen molar-refractivity contribution in [2.75, 3.05) is 0 Å². The molecular formula is C12H15N3S2. The van der Waals surface area contributed by atoms with Gasteiger partial charge in [-0.3, -0.25) is 0 Å². The Hall–Kier alpha value is -0.780. The van der Waals surface area contributed by atoms with E-state index < -0.39 is 0 Å². The lowest BCUT2D eigenvalue weighted by molar-refractivity contribution is 0.282. The summed E-state index contributed by atoms with van der Waals surface area (Å²) in [5, 5.41) is 4.02. The predicted octanol–water partition coefficient (Wildman–Crippen LogP) is 3.24. The summed E-state index contributed by atoms with van der Waals surface area (Å²) in [6.45, 7) is 4.52. The highest BCUT2D eigenvalue weighted by Crippen LogP contribution is 2.43. The topological polar surface area (TPSA) is 51.8 Å². The van der Waals surface area contributed by atoms with Gasteiger partial charge >= 0.3 is 0 Å². The molecule has 2 aromatic rings. The zero-order valence-corrected chi connectivity index (χ0v) is 11.6. The highest BCUT2D eigenvalue weighted by molar-refractivity contribution is 7.20. The van der Waals surface area contributed by atoms with Gasteiger partial charge in [0, 0.05) is 22.5 Å². The third-order valence-corrected chi connectivity index (χ3v) is 5.24. The van der Waals surface area contributed by atoms with Crippen molar-refractivity contribution in [3.05, 3.63) is 22.1 Å². The molecule has 1 atom stereocenters. The fourth-order valence-corrected chi connectivity index (χ4v) is 4.18. The SMILES string of the molecule is CC1(C)Cc2nc(-c3nccs3)sc2C(N)C1. The molecule has 1 aliphatic carbocycles. The highest BCUT2D eigenvalue weighted by atomic mass is 32.1. The van der Waals surface area contributed by atoms with Crippen LogP contribution in [0.5, 0.6) is 0 Å². The summed E-state index contributed by atoms with van der Waals surface area (Å²) < 4.78 is 0. The summed E-state index contributed by atoms with van der Waals surface area (Å²) in [5.74, 6) is 0. The van der Waals surface area contributed by atoms with Gasteiger partial charge in [0.05, 0.1) is 5.69 Å². The Balaban J connectivity index is 2.04. The number of aromatic nitrogens is 2. The van der Waals surface area contributed by atoms with Gasteiger partial charge < -0.3 is 5.73 Å². The molecule has 0 aromatic carbocycles. The molecule has 2 N–H and O–H groups in total. The van der Waals surface area contributed by atoms with E-state index in [-0.39, 0.29) is 11.5 Å². The maximum Gasteiger partial charge on any atom is 0.152 e. The monoisotopic (exact) mass is 265 g/mol. The molecule has 0 bridgehead atoms. The highest BCUT2D eigenvalue weighted by Gasteiger charge is 2.33. The van der Waals surface area contributed by atoms with E-state index in [1.807, 2.05) is 11.6 Å². The number of rotatable bonds is 1. The Labute approximate surface area is 109 Å². The van der Waals surface area contributed by atoms with E-state index in [2.05, 4.69) is 18.8 Å². The number of thiazole rings is 2. The molecule has 5 heteroatoms. The largest absolute Gasteiger partial charge is 0.323 e. The summed E-state index contributed by atoms with van der Waals surface area (Å²) in [7, 11) is 0. The van der Waals surface area contributed by atoms with Gasteiger partial charge in [-0.2, -0.15) is 0 Å². The third-order valence-electron chi connectivity index (χ3n) is 3.10. The number of fused-ring (bicyclic) bond motifs is 1. The van der Waals surface area contributed by atoms with Crippen LogP contribution in [0.4, 0.5) is 0 Å². The van der Waals surface area contributed by atoms with Crippen molar-refractivity contribution < 1.29 is 0 Å². The van der Waals surface area contributed by atoms with Crippen LogP contribution in [-0.4, -0.2) is 9.97 Å². The summed E-state index contributed by atoms with van der Waals surface area (Å²) in [6.07, 6.45) is 3.89. The Kier molecular flexibility index (Phi) is 2.57. The van der Waals surface area contributed by atoms with Gasteiger partial charge in [-0.05, 0) is 18.3 Å². The van der Waals surface area contributed by atoms with Crippen LogP contribution in [0.3, 0.4) is 0 Å². The molecule has 0 fully saturated rings. The quantitative estimate of drug-likeness (QED) is 0.861. The number of nitrogens with zero attached hydrogens (tertiary/aromatic N) is 2. The molecule has 0 spiro atoms. The standard InChI is InChI=1S/C12H15N3S2/c1-12(2)5-7(13)9-8(6-12)15-11(17-9)10-14-3-4-16-10/h3-4,7H,5-6,13H2,1-2H3. The van der Waals surface area contributed by atoms with E-state index in [1.165, 1.54) is 10.6 Å². The Morgan fingerprint density at radius 3 is 2.94 bits per heavy atom. The zero-order chi connectivity index (χ0) is 12.0. The average molecular weight is 265 g/mol. The summed E-state index contributed by atoms with van der Waals surface area (Å²) in [5.41, 5.74) is 7.69. The molecule has 0 amide bonds. The van der Waals surface area contributed by atoms with Crippen LogP contribution in [-0.2, 0) is 6.42 Å². The fraction of sp³-hybridized carbons (Fsp3) is 0.500. The minimum absolute atomic E-state index is 0.139. The smallest absolute Gasteiger partial charge is 0.152 e. The second-order valence-corrected chi connectivity index (χ2v) is 7.24. The fourth-order valence-electron chi connectivity index (χ4n) is 2.41. The van der Waals surface area contributed by atoms with Gasteiger partial charge in [-0.15, -0.1) is 22.7 Å². The molecule has 1 unspecified atom stereocenters. The molecule has 2 aromatic heterocycles. The van der Waals surface area contributed by atoms with Crippen molar-refractivity contribution >= 4 is 22.7 Å². The van der Waals surface area contributed by atoms with E-state index in [4.69, 9.17) is 10.7 Å². The first-order valence-corrected chi connectivity index (χ1v) is 7.40. The minimum atomic E-state index is 0.139. The normalized spacial score (nSPS) is 22.4. The van der Waals surface area contributed by atoms with Crippen LogP contribution >= 0.6 is 22.7 Å². The van der Waals surface area contributed by atoms with Gasteiger partial charge in [0.2, 0.25) is 0 Å². The van der Waals surface area contributed by atoms with E-state index in [0.717, 1.165) is 22.9 Å². The second kappa shape index (κ2) is 3.86. The second-order valence-electron chi connectivity index (χ2n) is 5.32. The van der Waals surface area contributed by atoms with Crippen LogP contribution in [0.2, 0.25) is 0 Å². The van der Waals surface area contributed by atoms with Crippen molar-refractivity contribution in [2.24, 2.45) is 11.1 Å². The van der Waals surface area contributed by atoms with Gasteiger partial charge in [0.1, 0.15) is 0 Å². The molecule has 0 aliphatic heterocycles. The summed E-state index contributed by atoms with van der Waals surface area (Å²) in [6, 6.07) is 0.139. The Morgan fingerprint density at radius 1 is 1.41 bits per heavy atom. The van der Waals surface area contributed by atoms with Crippen LogP contribution in [0, 0.1) is 5.41 Å². The third kappa shape index (κ3) is 2.03. The van der Waals surface area contributed by atoms with Crippen molar-refractivity contribution in [3.8, 4) is 10.0 Å². The van der Waals surface area contributed by atoms with Crippen LogP contribution < -0.4 is 5.73 Å². The molecule has 3 rings (SSSR count). The lowest BCUT2D eigenvalue weighted by atomic mass is 9.77. The molecule has 1 aliphatic rings. The van der Waals surface area contributed by atoms with Crippen molar-refractivity contribution in [1.29, 1.82) is 0 Å². The van der Waals surface area contributed by atoms with Gasteiger partial charge in [-0.1, -0.05) is 13.8 Å². The first-order chi connectivity index (χ1) is 8.05. The Bertz CT molecular complexity index is 528. The average Bonchev–Trinajstić information content (AvgIpc) is 2.81. The van der Waals surface area contributed by atoms with Crippen molar-refractivity contribution in [3.63, 3.8) is 0 Å². The molecule has 90 valence electrons. The summed E-state index contributed by atoms with van der Waals surface area (Å²) >= 11 is 3.35. The van der Waals surface area contributed by atoms with E-state index >= 15 is 0 Å². The van der Waals surface area contributed by atoms with E-state index in [0.29, 0.717) is 0 Å².